The fourth-order valence-corrected chi connectivity index (χ4v) is 2.62. The molecule has 2 saturated heterocycles. The van der Waals surface area contributed by atoms with Crippen molar-refractivity contribution in [3.63, 3.8) is 0 Å². The first kappa shape index (κ1) is 16.7. The second-order valence-electron chi connectivity index (χ2n) is 6.80. The Morgan fingerprint density at radius 2 is 1.95 bits per heavy atom. The first-order valence-electron chi connectivity index (χ1n) is 7.68. The van der Waals surface area contributed by atoms with Crippen LogP contribution in [0.3, 0.4) is 0 Å². The summed E-state index contributed by atoms with van der Waals surface area (Å²) in [6.45, 7) is 6.97. The highest BCUT2D eigenvalue weighted by Crippen LogP contribution is 2.21. The number of hydrogen-bond acceptors (Lipinski definition) is 5. The van der Waals surface area contributed by atoms with Gasteiger partial charge >= 0.3 is 6.09 Å². The summed E-state index contributed by atoms with van der Waals surface area (Å²) >= 11 is 0. The van der Waals surface area contributed by atoms with Crippen molar-refractivity contribution in [3.8, 4) is 0 Å². The molecule has 1 atom stereocenters. The highest BCUT2D eigenvalue weighted by molar-refractivity contribution is 6.06. The van der Waals surface area contributed by atoms with Crippen LogP contribution in [0, 0.1) is 5.92 Å². The summed E-state index contributed by atoms with van der Waals surface area (Å²) in [5, 5.41) is 2.48. The minimum atomic E-state index is -0.817. The fraction of sp³-hybridized carbons (Fsp3) is 0.800. The van der Waals surface area contributed by atoms with Crippen LogP contribution >= 0.6 is 0 Å². The number of ether oxygens (including phenoxy) is 2. The van der Waals surface area contributed by atoms with Gasteiger partial charge in [-0.1, -0.05) is 0 Å². The van der Waals surface area contributed by atoms with E-state index in [1.54, 1.807) is 20.8 Å². The highest BCUT2D eigenvalue weighted by Gasteiger charge is 2.41. The largest absolute Gasteiger partial charge is 0.444 e. The molecule has 2 aliphatic rings. The lowest BCUT2D eigenvalue weighted by atomic mass is 10.00. The normalized spacial score (nSPS) is 23.8. The van der Waals surface area contributed by atoms with Gasteiger partial charge in [0, 0.05) is 19.8 Å². The molecule has 0 aromatic carbocycles. The number of nitrogens with one attached hydrogen (secondary N) is 1. The van der Waals surface area contributed by atoms with Crippen molar-refractivity contribution in [2.75, 3.05) is 19.8 Å². The van der Waals surface area contributed by atoms with Crippen molar-refractivity contribution in [3.05, 3.63) is 0 Å². The predicted octanol–water partition coefficient (Wildman–Crippen LogP) is 1.07. The molecule has 22 heavy (non-hydrogen) atoms. The van der Waals surface area contributed by atoms with Crippen molar-refractivity contribution < 1.29 is 23.9 Å². The SMILES string of the molecule is CC(C)(C)OC(=O)N[C@H]1CC(=O)N(CC2CCOCC2)C1=O. The Morgan fingerprint density at radius 1 is 1.32 bits per heavy atom. The molecular weight excluding hydrogens is 288 g/mol. The van der Waals surface area contributed by atoms with Crippen molar-refractivity contribution >= 4 is 17.9 Å². The van der Waals surface area contributed by atoms with Crippen LogP contribution in [0.5, 0.6) is 0 Å². The van der Waals surface area contributed by atoms with Crippen LogP contribution < -0.4 is 5.32 Å². The maximum atomic E-state index is 12.3. The molecule has 124 valence electrons. The van der Waals surface area contributed by atoms with Crippen LogP contribution in [0.4, 0.5) is 4.79 Å². The molecule has 0 unspecified atom stereocenters. The van der Waals surface area contributed by atoms with Crippen LogP contribution in [0.25, 0.3) is 0 Å². The van der Waals surface area contributed by atoms with Gasteiger partial charge in [-0.05, 0) is 39.5 Å². The molecule has 2 aliphatic heterocycles. The Kier molecular flexibility index (Phi) is 5.05. The Balaban J connectivity index is 1.89. The van der Waals surface area contributed by atoms with Crippen molar-refractivity contribution in [1.29, 1.82) is 0 Å². The molecule has 0 spiro atoms. The molecule has 1 N–H and O–H groups in total. The van der Waals surface area contributed by atoms with Crippen LogP contribution in [-0.2, 0) is 19.1 Å². The number of likely N-dealkylation sites (tertiary alicyclic amines) is 1. The third kappa shape index (κ3) is 4.43. The third-order valence-electron chi connectivity index (χ3n) is 3.72. The minimum absolute atomic E-state index is 0.00129. The summed E-state index contributed by atoms with van der Waals surface area (Å²) in [7, 11) is 0. The van der Waals surface area contributed by atoms with Gasteiger partial charge < -0.3 is 14.8 Å². The molecule has 2 rings (SSSR count). The lowest BCUT2D eigenvalue weighted by molar-refractivity contribution is -0.140. The molecule has 2 fully saturated rings. The molecule has 0 saturated carbocycles. The van der Waals surface area contributed by atoms with Gasteiger partial charge in [-0.25, -0.2) is 4.79 Å². The van der Waals surface area contributed by atoms with Crippen molar-refractivity contribution in [2.45, 2.75) is 51.7 Å². The Labute approximate surface area is 130 Å². The van der Waals surface area contributed by atoms with Crippen molar-refractivity contribution in [1.82, 2.24) is 10.2 Å². The van der Waals surface area contributed by atoms with E-state index in [0.29, 0.717) is 19.8 Å². The first-order chi connectivity index (χ1) is 10.3. The number of rotatable bonds is 3. The van der Waals surface area contributed by atoms with Gasteiger partial charge in [0.1, 0.15) is 11.6 Å². The zero-order valence-electron chi connectivity index (χ0n) is 13.4. The lowest BCUT2D eigenvalue weighted by Crippen LogP contribution is -2.45. The molecule has 7 nitrogen and oxygen atoms in total. The summed E-state index contributed by atoms with van der Waals surface area (Å²) < 4.78 is 10.4. The average Bonchev–Trinajstić information content (AvgIpc) is 2.65. The standard InChI is InChI=1S/C15H24N2O5/c1-15(2,3)22-14(20)16-11-8-12(18)17(13(11)19)9-10-4-6-21-7-5-10/h10-11H,4-9H2,1-3H3,(H,16,20)/t11-/m0/s1. The topological polar surface area (TPSA) is 84.9 Å². The second-order valence-corrected chi connectivity index (χ2v) is 6.80. The van der Waals surface area contributed by atoms with E-state index < -0.39 is 17.7 Å². The highest BCUT2D eigenvalue weighted by atomic mass is 16.6. The maximum absolute atomic E-state index is 12.3. The van der Waals surface area contributed by atoms with Crippen LogP contribution in [-0.4, -0.2) is 54.2 Å². The zero-order chi connectivity index (χ0) is 16.3. The predicted molar refractivity (Wildman–Crippen MR) is 78.0 cm³/mol. The molecule has 0 aromatic heterocycles. The van der Waals surface area contributed by atoms with E-state index in [2.05, 4.69) is 5.32 Å². The number of hydrogen-bond donors (Lipinski definition) is 1. The number of carbonyl (C=O) groups excluding carboxylic acids is 3. The van der Waals surface area contributed by atoms with Crippen LogP contribution in [0.1, 0.15) is 40.0 Å². The Hall–Kier alpha value is -1.63. The average molecular weight is 312 g/mol. The quantitative estimate of drug-likeness (QED) is 0.788. The van der Waals surface area contributed by atoms with Crippen LogP contribution in [0.15, 0.2) is 0 Å². The maximum Gasteiger partial charge on any atom is 0.408 e. The zero-order valence-corrected chi connectivity index (χ0v) is 13.4. The van der Waals surface area contributed by atoms with Crippen molar-refractivity contribution in [2.24, 2.45) is 5.92 Å². The third-order valence-corrected chi connectivity index (χ3v) is 3.72. The van der Waals surface area contributed by atoms with Gasteiger partial charge in [0.15, 0.2) is 0 Å². The minimum Gasteiger partial charge on any atom is -0.444 e. The van der Waals surface area contributed by atoms with Gasteiger partial charge in [0.05, 0.1) is 6.42 Å². The molecule has 2 heterocycles. The van der Waals surface area contributed by atoms with E-state index in [0.717, 1.165) is 12.8 Å². The first-order valence-corrected chi connectivity index (χ1v) is 7.68. The van der Waals surface area contributed by atoms with Crippen LogP contribution in [0.2, 0.25) is 0 Å². The molecule has 0 bridgehead atoms. The van der Waals surface area contributed by atoms with Gasteiger partial charge in [-0.2, -0.15) is 0 Å². The smallest absolute Gasteiger partial charge is 0.408 e. The van der Waals surface area contributed by atoms with Gasteiger partial charge in [0.25, 0.3) is 5.91 Å². The number of alkyl carbamates (subject to hydrolysis) is 1. The fourth-order valence-electron chi connectivity index (χ4n) is 2.62. The van der Waals surface area contributed by atoms with Gasteiger partial charge in [0.2, 0.25) is 5.91 Å². The lowest BCUT2D eigenvalue weighted by Gasteiger charge is -2.26. The molecule has 7 heteroatoms. The molecule has 0 radical (unpaired) electrons. The second kappa shape index (κ2) is 6.64. The number of amides is 3. The summed E-state index contributed by atoms with van der Waals surface area (Å²) in [6, 6.07) is -0.817. The van der Waals surface area contributed by atoms with E-state index in [4.69, 9.17) is 9.47 Å². The Bertz CT molecular complexity index is 451. The molecule has 0 aliphatic carbocycles. The van der Waals surface area contributed by atoms with E-state index >= 15 is 0 Å². The summed E-state index contributed by atoms with van der Waals surface area (Å²) in [4.78, 5) is 37.3. The molecule has 3 amide bonds. The Morgan fingerprint density at radius 3 is 2.55 bits per heavy atom. The van der Waals surface area contributed by atoms with E-state index in [9.17, 15) is 14.4 Å². The number of imide groups is 1. The summed E-state index contributed by atoms with van der Waals surface area (Å²) in [5.41, 5.74) is -0.641. The molecular formula is C15H24N2O5. The summed E-state index contributed by atoms with van der Waals surface area (Å²) in [6.07, 6.45) is 1.02. The number of nitrogens with zero attached hydrogens (tertiary/aromatic N) is 1. The summed E-state index contributed by atoms with van der Waals surface area (Å²) in [5.74, 6) is -0.304. The van der Waals surface area contributed by atoms with Gasteiger partial charge in [-0.3, -0.25) is 14.5 Å². The van der Waals surface area contributed by atoms with E-state index in [1.165, 1.54) is 4.90 Å². The van der Waals surface area contributed by atoms with Gasteiger partial charge in [-0.15, -0.1) is 0 Å². The van der Waals surface area contributed by atoms with E-state index in [1.807, 2.05) is 0 Å². The van der Waals surface area contributed by atoms with E-state index in [-0.39, 0.29) is 24.2 Å². The molecule has 0 aromatic rings. The monoisotopic (exact) mass is 312 g/mol. The number of carbonyl (C=O) groups is 3.